The molecule has 0 aromatic heterocycles. The number of carbonyl (C=O) groups is 1. The first-order valence-electron chi connectivity index (χ1n) is 9.82. The van der Waals surface area contributed by atoms with E-state index < -0.39 is 0 Å². The first-order chi connectivity index (χ1) is 14.1. The summed E-state index contributed by atoms with van der Waals surface area (Å²) in [6.45, 7) is 0. The quantitative estimate of drug-likeness (QED) is 0.512. The smallest absolute Gasteiger partial charge is 0.244 e. The lowest BCUT2D eigenvalue weighted by Crippen LogP contribution is -2.25. The molecule has 0 radical (unpaired) electrons. The fourth-order valence-electron chi connectivity index (χ4n) is 3.96. The lowest BCUT2D eigenvalue weighted by atomic mass is 9.85. The van der Waals surface area contributed by atoms with E-state index in [9.17, 15) is 4.79 Å². The minimum atomic E-state index is -0.268. The van der Waals surface area contributed by atoms with E-state index in [0.29, 0.717) is 0 Å². The van der Waals surface area contributed by atoms with Crippen LogP contribution in [0.3, 0.4) is 0 Å². The topological polar surface area (TPSA) is 44.7 Å². The first kappa shape index (κ1) is 18.9. The van der Waals surface area contributed by atoms with Gasteiger partial charge in [-0.2, -0.15) is 5.10 Å². The van der Waals surface area contributed by atoms with Crippen molar-refractivity contribution in [2.75, 3.05) is 19.0 Å². The zero-order valence-corrected chi connectivity index (χ0v) is 16.7. The van der Waals surface area contributed by atoms with Crippen LogP contribution in [-0.4, -0.2) is 26.2 Å². The number of amides is 1. The molecule has 1 saturated carbocycles. The maximum atomic E-state index is 12.9. The Morgan fingerprint density at radius 2 is 1.48 bits per heavy atom. The summed E-state index contributed by atoms with van der Waals surface area (Å²) in [5.41, 5.74) is 6.90. The van der Waals surface area contributed by atoms with Gasteiger partial charge in [0.05, 0.1) is 12.1 Å². The molecule has 29 heavy (non-hydrogen) atoms. The van der Waals surface area contributed by atoms with Crippen LogP contribution in [0, 0.1) is 5.92 Å². The maximum absolute atomic E-state index is 12.9. The highest BCUT2D eigenvalue weighted by Crippen LogP contribution is 2.58. The molecule has 4 heteroatoms. The lowest BCUT2D eigenvalue weighted by molar-refractivity contribution is -0.122. The number of rotatable bonds is 6. The van der Waals surface area contributed by atoms with Gasteiger partial charge in [-0.25, -0.2) is 5.43 Å². The molecule has 0 heterocycles. The van der Waals surface area contributed by atoms with E-state index in [-0.39, 0.29) is 17.2 Å². The van der Waals surface area contributed by atoms with Crippen LogP contribution in [-0.2, 0) is 10.2 Å². The zero-order valence-electron chi connectivity index (χ0n) is 16.7. The Kier molecular flexibility index (Phi) is 5.17. The van der Waals surface area contributed by atoms with Gasteiger partial charge >= 0.3 is 0 Å². The second-order valence-corrected chi connectivity index (χ2v) is 7.68. The lowest BCUT2D eigenvalue weighted by Gasteiger charge is -2.18. The molecule has 0 saturated heterocycles. The second kappa shape index (κ2) is 7.92. The highest BCUT2D eigenvalue weighted by molar-refractivity contribution is 5.87. The van der Waals surface area contributed by atoms with Crippen molar-refractivity contribution in [3.8, 4) is 0 Å². The molecule has 0 aliphatic heterocycles. The first-order valence-corrected chi connectivity index (χ1v) is 9.82. The molecule has 1 aliphatic rings. The molecule has 1 fully saturated rings. The fraction of sp³-hybridized carbons (Fsp3) is 0.200. The third-order valence-electron chi connectivity index (χ3n) is 5.65. The molecule has 1 atom stereocenters. The van der Waals surface area contributed by atoms with Crippen molar-refractivity contribution >= 4 is 17.8 Å². The molecule has 4 nitrogen and oxygen atoms in total. The Morgan fingerprint density at radius 3 is 2.00 bits per heavy atom. The van der Waals surface area contributed by atoms with E-state index in [0.717, 1.165) is 17.7 Å². The van der Waals surface area contributed by atoms with E-state index in [4.69, 9.17) is 0 Å². The predicted octanol–water partition coefficient (Wildman–Crippen LogP) is 4.21. The number of nitrogens with one attached hydrogen (secondary N) is 1. The number of benzene rings is 3. The number of hydrogen-bond acceptors (Lipinski definition) is 3. The summed E-state index contributed by atoms with van der Waals surface area (Å²) in [5, 5.41) is 4.19. The fourth-order valence-corrected chi connectivity index (χ4v) is 3.96. The summed E-state index contributed by atoms with van der Waals surface area (Å²) in [6, 6.07) is 28.6. The van der Waals surface area contributed by atoms with Gasteiger partial charge in [0, 0.05) is 25.2 Å². The van der Waals surface area contributed by atoms with Crippen LogP contribution in [0.25, 0.3) is 0 Å². The van der Waals surface area contributed by atoms with Crippen LogP contribution in [0.4, 0.5) is 5.69 Å². The summed E-state index contributed by atoms with van der Waals surface area (Å²) in [6.07, 6.45) is 2.48. The summed E-state index contributed by atoms with van der Waals surface area (Å²) in [7, 11) is 4.01. The van der Waals surface area contributed by atoms with Crippen molar-refractivity contribution in [3.63, 3.8) is 0 Å². The SMILES string of the molecule is CN(C)c1ccc(/C=N/NC(=O)C2CC2(c2ccccc2)c2ccccc2)cc1. The van der Waals surface area contributed by atoms with Crippen molar-refractivity contribution in [1.29, 1.82) is 0 Å². The minimum Gasteiger partial charge on any atom is -0.378 e. The van der Waals surface area contributed by atoms with Crippen LogP contribution in [0.1, 0.15) is 23.1 Å². The monoisotopic (exact) mass is 383 g/mol. The Morgan fingerprint density at radius 1 is 0.931 bits per heavy atom. The third-order valence-corrected chi connectivity index (χ3v) is 5.65. The molecule has 1 amide bonds. The van der Waals surface area contributed by atoms with Crippen LogP contribution >= 0.6 is 0 Å². The van der Waals surface area contributed by atoms with Gasteiger partial charge in [0.25, 0.3) is 0 Å². The summed E-state index contributed by atoms with van der Waals surface area (Å²) >= 11 is 0. The van der Waals surface area contributed by atoms with Crippen molar-refractivity contribution in [3.05, 3.63) is 102 Å². The van der Waals surface area contributed by atoms with Crippen LogP contribution in [0.15, 0.2) is 90.0 Å². The molecular weight excluding hydrogens is 358 g/mol. The Hall–Kier alpha value is -3.40. The Balaban J connectivity index is 1.49. The third kappa shape index (κ3) is 3.79. The van der Waals surface area contributed by atoms with E-state index in [1.807, 2.05) is 79.7 Å². The maximum Gasteiger partial charge on any atom is 0.244 e. The molecule has 1 aliphatic carbocycles. The molecule has 4 rings (SSSR count). The van der Waals surface area contributed by atoms with Crippen molar-refractivity contribution in [2.45, 2.75) is 11.8 Å². The zero-order chi connectivity index (χ0) is 20.3. The number of hydrazone groups is 1. The second-order valence-electron chi connectivity index (χ2n) is 7.68. The highest BCUT2D eigenvalue weighted by Gasteiger charge is 2.60. The summed E-state index contributed by atoms with van der Waals surface area (Å²) in [4.78, 5) is 14.9. The van der Waals surface area contributed by atoms with Crippen molar-refractivity contribution < 1.29 is 4.79 Å². The van der Waals surface area contributed by atoms with E-state index in [1.54, 1.807) is 6.21 Å². The minimum absolute atomic E-state index is 0.0427. The molecule has 1 N–H and O–H groups in total. The summed E-state index contributed by atoms with van der Waals surface area (Å²) < 4.78 is 0. The van der Waals surface area contributed by atoms with Gasteiger partial charge in [-0.1, -0.05) is 72.8 Å². The number of hydrogen-bond donors (Lipinski definition) is 1. The van der Waals surface area contributed by atoms with Gasteiger partial charge in [-0.15, -0.1) is 0 Å². The summed E-state index contributed by atoms with van der Waals surface area (Å²) in [5.74, 6) is -0.167. The molecular formula is C25H25N3O. The molecule has 0 bridgehead atoms. The molecule has 1 unspecified atom stereocenters. The van der Waals surface area contributed by atoms with Gasteiger partial charge in [-0.3, -0.25) is 4.79 Å². The van der Waals surface area contributed by atoms with Gasteiger partial charge in [0.15, 0.2) is 0 Å². The normalized spacial score (nSPS) is 17.1. The standard InChI is InChI=1S/C25H25N3O/c1-28(2)22-15-13-19(14-16-22)18-26-27-24(29)23-17-25(23,20-9-5-3-6-10-20)21-11-7-4-8-12-21/h3-16,18,23H,17H2,1-2H3,(H,27,29)/b26-18+. The van der Waals surface area contributed by atoms with E-state index in [2.05, 4.69) is 34.8 Å². The van der Waals surface area contributed by atoms with Crippen LogP contribution < -0.4 is 10.3 Å². The molecule has 146 valence electrons. The number of anilines is 1. The Bertz CT molecular complexity index is 956. The largest absolute Gasteiger partial charge is 0.378 e. The van der Waals surface area contributed by atoms with Gasteiger partial charge in [-0.05, 0) is 35.2 Å². The van der Waals surface area contributed by atoms with Gasteiger partial charge < -0.3 is 4.90 Å². The van der Waals surface area contributed by atoms with Crippen LogP contribution in [0.2, 0.25) is 0 Å². The average Bonchev–Trinajstić information content (AvgIpc) is 3.52. The van der Waals surface area contributed by atoms with Crippen molar-refractivity contribution in [2.24, 2.45) is 11.0 Å². The molecule has 3 aromatic carbocycles. The number of carbonyl (C=O) groups excluding carboxylic acids is 1. The van der Waals surface area contributed by atoms with Gasteiger partial charge in [0.2, 0.25) is 5.91 Å². The molecule has 3 aromatic rings. The average molecular weight is 383 g/mol. The van der Waals surface area contributed by atoms with Crippen molar-refractivity contribution in [1.82, 2.24) is 5.43 Å². The van der Waals surface area contributed by atoms with E-state index >= 15 is 0 Å². The van der Waals surface area contributed by atoms with E-state index in [1.165, 1.54) is 11.1 Å². The predicted molar refractivity (Wildman–Crippen MR) is 118 cm³/mol. The van der Waals surface area contributed by atoms with Crippen LogP contribution in [0.5, 0.6) is 0 Å². The Labute approximate surface area is 171 Å². The van der Waals surface area contributed by atoms with Gasteiger partial charge in [0.1, 0.15) is 0 Å². The molecule has 0 spiro atoms. The highest BCUT2D eigenvalue weighted by atomic mass is 16.2. The number of nitrogens with zero attached hydrogens (tertiary/aromatic N) is 2.